The van der Waals surface area contributed by atoms with Crippen LogP contribution in [0, 0.1) is 0 Å². The molecule has 0 N–H and O–H groups in total. The summed E-state index contributed by atoms with van der Waals surface area (Å²) in [7, 11) is 0. The van der Waals surface area contributed by atoms with Crippen LogP contribution in [0.2, 0.25) is 0 Å². The molecule has 0 aromatic carbocycles. The molecular weight excluding hydrogens is 208 g/mol. The molecule has 1 heteroatoms. The first-order valence-corrected chi connectivity index (χ1v) is 7.17. The van der Waals surface area contributed by atoms with E-state index in [1.165, 1.54) is 51.4 Å². The summed E-state index contributed by atoms with van der Waals surface area (Å²) in [6.45, 7) is 2.26. The molecule has 0 saturated heterocycles. The predicted molar refractivity (Wildman–Crippen MR) is 76.2 cm³/mol. The van der Waals surface area contributed by atoms with E-state index in [0.717, 1.165) is 12.7 Å². The maximum absolute atomic E-state index is 10.1. The van der Waals surface area contributed by atoms with Gasteiger partial charge in [-0.15, -0.1) is 0 Å². The van der Waals surface area contributed by atoms with Crippen LogP contribution in [0.15, 0.2) is 24.3 Å². The fraction of sp³-hybridized carbons (Fsp3) is 0.688. The smallest absolute Gasteiger partial charge is 0.120 e. The molecule has 17 heavy (non-hydrogen) atoms. The minimum Gasteiger partial charge on any atom is -0.303 e. The Morgan fingerprint density at radius 1 is 0.706 bits per heavy atom. The number of unbranched alkanes of at least 4 members (excludes halogenated alkanes) is 8. The third-order valence-corrected chi connectivity index (χ3v) is 2.81. The molecule has 0 aromatic rings. The highest BCUT2D eigenvalue weighted by Gasteiger charge is 1.88. The molecule has 0 aliphatic rings. The normalized spacial score (nSPS) is 11.6. The molecule has 1 nitrogen and oxygen atoms in total. The fourth-order valence-electron chi connectivity index (χ4n) is 1.73. The van der Waals surface area contributed by atoms with Gasteiger partial charge < -0.3 is 4.79 Å². The summed E-state index contributed by atoms with van der Waals surface area (Å²) in [6, 6.07) is 0. The molecule has 0 unspecified atom stereocenters. The zero-order chi connectivity index (χ0) is 12.6. The van der Waals surface area contributed by atoms with Crippen molar-refractivity contribution in [2.75, 3.05) is 0 Å². The molecule has 0 spiro atoms. The summed E-state index contributed by atoms with van der Waals surface area (Å²) in [5, 5.41) is 0. The van der Waals surface area contributed by atoms with Crippen LogP contribution < -0.4 is 0 Å². The number of allylic oxidation sites excluding steroid dienone is 4. The van der Waals surface area contributed by atoms with Crippen LogP contribution in [0.25, 0.3) is 0 Å². The van der Waals surface area contributed by atoms with Gasteiger partial charge in [-0.1, -0.05) is 69.8 Å². The Morgan fingerprint density at radius 2 is 1.29 bits per heavy atom. The van der Waals surface area contributed by atoms with E-state index in [2.05, 4.69) is 25.2 Å². The van der Waals surface area contributed by atoms with Gasteiger partial charge in [0.05, 0.1) is 0 Å². The second-order valence-electron chi connectivity index (χ2n) is 4.51. The van der Waals surface area contributed by atoms with Gasteiger partial charge in [0.15, 0.2) is 0 Å². The zero-order valence-corrected chi connectivity index (χ0v) is 11.4. The van der Waals surface area contributed by atoms with Crippen LogP contribution in [-0.4, -0.2) is 6.29 Å². The van der Waals surface area contributed by atoms with E-state index in [1.807, 2.05) is 6.08 Å². The first-order chi connectivity index (χ1) is 8.41. The monoisotopic (exact) mass is 236 g/mol. The molecule has 0 aliphatic carbocycles. The molecule has 0 aromatic heterocycles. The Balaban J connectivity index is 3.13. The number of aldehydes is 1. The van der Waals surface area contributed by atoms with Crippen LogP contribution in [0.1, 0.15) is 71.1 Å². The Morgan fingerprint density at radius 3 is 1.94 bits per heavy atom. The lowest BCUT2D eigenvalue weighted by Crippen LogP contribution is -1.78. The van der Waals surface area contributed by atoms with Crippen molar-refractivity contribution in [2.45, 2.75) is 71.1 Å². The number of carbonyl (C=O) groups excluding carboxylic acids is 1. The topological polar surface area (TPSA) is 17.1 Å². The number of hydrogen-bond donors (Lipinski definition) is 0. The molecule has 0 saturated carbocycles. The van der Waals surface area contributed by atoms with E-state index in [4.69, 9.17) is 0 Å². The van der Waals surface area contributed by atoms with E-state index in [1.54, 1.807) is 0 Å². The molecule has 0 radical (unpaired) electrons. The van der Waals surface area contributed by atoms with Gasteiger partial charge in [0.2, 0.25) is 0 Å². The number of carbonyl (C=O) groups is 1. The molecular formula is C16H28O. The Labute approximate surface area is 107 Å². The van der Waals surface area contributed by atoms with Crippen molar-refractivity contribution in [3.8, 4) is 0 Å². The second-order valence-corrected chi connectivity index (χ2v) is 4.51. The van der Waals surface area contributed by atoms with Crippen molar-refractivity contribution in [3.05, 3.63) is 24.3 Å². The van der Waals surface area contributed by atoms with Gasteiger partial charge >= 0.3 is 0 Å². The summed E-state index contributed by atoms with van der Waals surface area (Å²) in [6.07, 6.45) is 21.7. The van der Waals surface area contributed by atoms with E-state index in [0.29, 0.717) is 6.42 Å². The molecule has 0 amide bonds. The van der Waals surface area contributed by atoms with E-state index in [-0.39, 0.29) is 0 Å². The Bertz CT molecular complexity index is 204. The van der Waals surface area contributed by atoms with Gasteiger partial charge in [-0.2, -0.15) is 0 Å². The lowest BCUT2D eigenvalue weighted by atomic mass is 10.1. The maximum Gasteiger partial charge on any atom is 0.120 e. The molecule has 0 bridgehead atoms. The third-order valence-electron chi connectivity index (χ3n) is 2.81. The molecule has 98 valence electrons. The fourth-order valence-corrected chi connectivity index (χ4v) is 1.73. The molecule has 0 heterocycles. The summed E-state index contributed by atoms with van der Waals surface area (Å²) >= 11 is 0. The van der Waals surface area contributed by atoms with E-state index in [9.17, 15) is 4.79 Å². The first-order valence-electron chi connectivity index (χ1n) is 7.17. The van der Waals surface area contributed by atoms with Crippen LogP contribution in [0.5, 0.6) is 0 Å². The highest BCUT2D eigenvalue weighted by Crippen LogP contribution is 2.08. The first kappa shape index (κ1) is 16.1. The minimum atomic E-state index is 0.641. The highest BCUT2D eigenvalue weighted by molar-refractivity contribution is 5.49. The van der Waals surface area contributed by atoms with Gasteiger partial charge in [0.25, 0.3) is 0 Å². The van der Waals surface area contributed by atoms with Crippen molar-refractivity contribution in [1.29, 1.82) is 0 Å². The molecule has 0 fully saturated rings. The van der Waals surface area contributed by atoms with Gasteiger partial charge in [0.1, 0.15) is 6.29 Å². The van der Waals surface area contributed by atoms with E-state index < -0.39 is 0 Å². The second kappa shape index (κ2) is 15.1. The molecule has 0 aliphatic heterocycles. The molecule has 0 rings (SSSR count). The minimum absolute atomic E-state index is 0.641. The predicted octanol–water partition coefficient (Wildman–Crippen LogP) is 5.22. The average molecular weight is 236 g/mol. The van der Waals surface area contributed by atoms with Crippen molar-refractivity contribution in [3.63, 3.8) is 0 Å². The summed E-state index contributed by atoms with van der Waals surface area (Å²) in [4.78, 5) is 10.1. The van der Waals surface area contributed by atoms with Crippen molar-refractivity contribution in [2.24, 2.45) is 0 Å². The SMILES string of the molecule is CCCCCCCCC/C=C/C=C\CCC=O. The quantitative estimate of drug-likeness (QED) is 0.258. The Hall–Kier alpha value is -0.850. The average Bonchev–Trinajstić information content (AvgIpc) is 2.35. The third kappa shape index (κ3) is 15.1. The number of hydrogen-bond acceptors (Lipinski definition) is 1. The van der Waals surface area contributed by atoms with Gasteiger partial charge in [-0.25, -0.2) is 0 Å². The van der Waals surface area contributed by atoms with Crippen LogP contribution >= 0.6 is 0 Å². The summed E-state index contributed by atoms with van der Waals surface area (Å²) in [5.41, 5.74) is 0. The standard InChI is InChI=1S/C16H28O/c1-2-3-4-5-6-7-8-9-10-11-12-13-14-15-16-17/h10-13,16H,2-9,14-15H2,1H3/b11-10+,13-12-. The van der Waals surface area contributed by atoms with Gasteiger partial charge in [0, 0.05) is 6.42 Å². The zero-order valence-electron chi connectivity index (χ0n) is 11.4. The summed E-state index contributed by atoms with van der Waals surface area (Å²) in [5.74, 6) is 0. The van der Waals surface area contributed by atoms with Crippen LogP contribution in [0.4, 0.5) is 0 Å². The van der Waals surface area contributed by atoms with Crippen molar-refractivity contribution < 1.29 is 4.79 Å². The van der Waals surface area contributed by atoms with Gasteiger partial charge in [-0.05, 0) is 19.3 Å². The van der Waals surface area contributed by atoms with Gasteiger partial charge in [-0.3, -0.25) is 0 Å². The van der Waals surface area contributed by atoms with Crippen LogP contribution in [0.3, 0.4) is 0 Å². The maximum atomic E-state index is 10.1. The largest absolute Gasteiger partial charge is 0.303 e. The number of rotatable bonds is 12. The molecule has 0 atom stereocenters. The van der Waals surface area contributed by atoms with E-state index >= 15 is 0 Å². The van der Waals surface area contributed by atoms with Crippen molar-refractivity contribution in [1.82, 2.24) is 0 Å². The summed E-state index contributed by atoms with van der Waals surface area (Å²) < 4.78 is 0. The lowest BCUT2D eigenvalue weighted by Gasteiger charge is -1.98. The van der Waals surface area contributed by atoms with Crippen molar-refractivity contribution >= 4 is 6.29 Å². The van der Waals surface area contributed by atoms with Crippen LogP contribution in [-0.2, 0) is 4.79 Å². The lowest BCUT2D eigenvalue weighted by molar-refractivity contribution is -0.107. The Kier molecular flexibility index (Phi) is 14.4. The highest BCUT2D eigenvalue weighted by atomic mass is 16.1.